The van der Waals surface area contributed by atoms with Crippen LogP contribution in [-0.2, 0) is 6.54 Å². The fraction of sp³-hybridized carbons (Fsp3) is 0.290. The summed E-state index contributed by atoms with van der Waals surface area (Å²) >= 11 is 6.63. The molecule has 1 aliphatic rings. The molecule has 2 aromatic carbocycles. The first kappa shape index (κ1) is 27.7. The molecule has 1 fully saturated rings. The molecule has 3 aromatic heterocycles. The Bertz CT molecular complexity index is 1590. The summed E-state index contributed by atoms with van der Waals surface area (Å²) in [4.78, 5) is 23.5. The summed E-state index contributed by atoms with van der Waals surface area (Å²) in [5.74, 6) is 2.96. The van der Waals surface area contributed by atoms with Crippen LogP contribution < -0.4 is 20.1 Å². The van der Waals surface area contributed by atoms with Crippen LogP contribution in [0.1, 0.15) is 18.4 Å². The predicted octanol–water partition coefficient (Wildman–Crippen LogP) is 5.64. The first-order valence-corrected chi connectivity index (χ1v) is 14.4. The zero-order valence-corrected chi connectivity index (χ0v) is 24.1. The summed E-state index contributed by atoms with van der Waals surface area (Å²) in [5, 5.41) is 7.37. The lowest BCUT2D eigenvalue weighted by atomic mass is 10.0. The number of rotatable bonds is 11. The Morgan fingerprint density at radius 2 is 1.71 bits per heavy atom. The van der Waals surface area contributed by atoms with Gasteiger partial charge >= 0.3 is 0 Å². The summed E-state index contributed by atoms with van der Waals surface area (Å²) in [5.41, 5.74) is 4.49. The molecule has 10 nitrogen and oxygen atoms in total. The molecule has 0 atom stereocenters. The van der Waals surface area contributed by atoms with Crippen molar-refractivity contribution in [2.75, 3.05) is 44.0 Å². The van der Waals surface area contributed by atoms with Crippen molar-refractivity contribution in [2.24, 2.45) is 0 Å². The molecule has 0 saturated carbocycles. The average molecular weight is 585 g/mol. The highest BCUT2D eigenvalue weighted by Gasteiger charge is 2.22. The van der Waals surface area contributed by atoms with Gasteiger partial charge < -0.3 is 25.1 Å². The molecule has 11 heteroatoms. The Morgan fingerprint density at radius 3 is 2.45 bits per heavy atom. The van der Waals surface area contributed by atoms with E-state index in [1.807, 2.05) is 36.4 Å². The van der Waals surface area contributed by atoms with E-state index in [1.165, 1.54) is 5.56 Å². The Kier molecular flexibility index (Phi) is 8.62. The van der Waals surface area contributed by atoms with Gasteiger partial charge in [0.05, 0.1) is 30.6 Å². The largest absolute Gasteiger partial charge is 0.497 e. The molecular weight excluding hydrogens is 552 g/mol. The molecule has 1 aliphatic heterocycles. The number of fused-ring (bicyclic) bond motifs is 1. The molecule has 3 N–H and O–H groups in total. The predicted molar refractivity (Wildman–Crippen MR) is 165 cm³/mol. The Morgan fingerprint density at radius 1 is 0.976 bits per heavy atom. The quantitative estimate of drug-likeness (QED) is 0.170. The topological polar surface area (TPSA) is 113 Å². The second-order valence-electron chi connectivity index (χ2n) is 10.2. The molecule has 5 aromatic rings. The number of pyridine rings is 1. The minimum Gasteiger partial charge on any atom is -0.497 e. The number of benzene rings is 2. The Hall–Kier alpha value is -4.41. The maximum absolute atomic E-state index is 6.63. The number of nitrogens with zero attached hydrogens (tertiary/aromatic N) is 5. The lowest BCUT2D eigenvalue weighted by Crippen LogP contribution is -2.38. The number of hydrogen-bond donors (Lipinski definition) is 3. The van der Waals surface area contributed by atoms with Gasteiger partial charge in [0, 0.05) is 43.6 Å². The molecule has 216 valence electrons. The lowest BCUT2D eigenvalue weighted by Gasteiger charge is -2.33. The van der Waals surface area contributed by atoms with Crippen molar-refractivity contribution < 1.29 is 9.47 Å². The van der Waals surface area contributed by atoms with E-state index in [2.05, 4.69) is 47.6 Å². The number of aromatic nitrogens is 5. The number of likely N-dealkylation sites (tertiary alicyclic amines) is 1. The minimum atomic E-state index is 0.305. The van der Waals surface area contributed by atoms with Gasteiger partial charge in [-0.25, -0.2) is 19.9 Å². The van der Waals surface area contributed by atoms with Gasteiger partial charge in [-0.3, -0.25) is 4.90 Å². The first-order valence-electron chi connectivity index (χ1n) is 14.0. The molecule has 0 unspecified atom stereocenters. The number of aromatic amines is 1. The molecular formula is C31H33ClN8O2. The number of anilines is 2. The van der Waals surface area contributed by atoms with Gasteiger partial charge in [-0.2, -0.15) is 0 Å². The zero-order chi connectivity index (χ0) is 28.7. The van der Waals surface area contributed by atoms with E-state index in [4.69, 9.17) is 26.1 Å². The lowest BCUT2D eigenvalue weighted by molar-refractivity contribution is 0.211. The third-order valence-corrected chi connectivity index (χ3v) is 7.60. The number of imidazole rings is 1. The van der Waals surface area contributed by atoms with Crippen LogP contribution in [0.15, 0.2) is 73.2 Å². The number of halogens is 1. The number of hydrogen-bond acceptors (Lipinski definition) is 9. The highest BCUT2D eigenvalue weighted by molar-refractivity contribution is 6.34. The van der Waals surface area contributed by atoms with Gasteiger partial charge in [0.1, 0.15) is 29.4 Å². The number of piperidine rings is 1. The normalized spacial score (nSPS) is 14.1. The standard InChI is InChI=1S/C31H33ClN8O2/c1-41-24-7-3-21(4-8-24)20-40-16-11-23(12-17-40)37-27-26(32)19-36-30-28(27)38-29(39-30)22-5-9-25(10-6-22)42-18-15-35-31-33-13-2-14-34-31/h2-10,13-14,19,23H,11-12,15-18,20H2,1H3,(H,33,34,35)(H2,36,37,38,39). The van der Waals surface area contributed by atoms with Gasteiger partial charge in [0.2, 0.25) is 5.95 Å². The number of nitrogens with one attached hydrogen (secondary N) is 3. The van der Waals surface area contributed by atoms with Gasteiger partial charge in [-0.05, 0) is 60.9 Å². The van der Waals surface area contributed by atoms with Crippen molar-refractivity contribution >= 4 is 34.4 Å². The average Bonchev–Trinajstić information content (AvgIpc) is 3.48. The van der Waals surface area contributed by atoms with E-state index in [9.17, 15) is 0 Å². The van der Waals surface area contributed by atoms with Crippen LogP contribution in [0.5, 0.6) is 11.5 Å². The SMILES string of the molecule is COc1ccc(CN2CCC(Nc3c(Cl)cnc4[nH]c(-c5ccc(OCCNc6ncccn6)cc5)nc34)CC2)cc1. The van der Waals surface area contributed by atoms with Crippen molar-refractivity contribution in [2.45, 2.75) is 25.4 Å². The molecule has 0 radical (unpaired) electrons. The van der Waals surface area contributed by atoms with E-state index in [-0.39, 0.29) is 0 Å². The smallest absolute Gasteiger partial charge is 0.222 e. The molecule has 0 bridgehead atoms. The van der Waals surface area contributed by atoms with Gasteiger partial charge in [0.25, 0.3) is 0 Å². The van der Waals surface area contributed by atoms with Gasteiger partial charge in [-0.15, -0.1) is 0 Å². The third kappa shape index (κ3) is 6.72. The van der Waals surface area contributed by atoms with E-state index < -0.39 is 0 Å². The van der Waals surface area contributed by atoms with Gasteiger partial charge in [-0.1, -0.05) is 23.7 Å². The maximum Gasteiger partial charge on any atom is 0.222 e. The summed E-state index contributed by atoms with van der Waals surface area (Å²) in [7, 11) is 1.69. The van der Waals surface area contributed by atoms with E-state index in [0.29, 0.717) is 35.8 Å². The monoisotopic (exact) mass is 584 g/mol. The van der Waals surface area contributed by atoms with E-state index >= 15 is 0 Å². The van der Waals surface area contributed by atoms with Crippen LogP contribution in [-0.4, -0.2) is 69.2 Å². The summed E-state index contributed by atoms with van der Waals surface area (Å²) in [6.45, 7) is 4.03. The second kappa shape index (κ2) is 13.1. The van der Waals surface area contributed by atoms with Crippen molar-refractivity contribution in [1.82, 2.24) is 29.8 Å². The molecule has 0 spiro atoms. The molecule has 6 rings (SSSR count). The molecule has 0 aliphatic carbocycles. The zero-order valence-electron chi connectivity index (χ0n) is 23.4. The highest BCUT2D eigenvalue weighted by Crippen LogP contribution is 2.32. The molecule has 1 saturated heterocycles. The fourth-order valence-electron chi connectivity index (χ4n) is 5.06. The van der Waals surface area contributed by atoms with Crippen LogP contribution >= 0.6 is 11.6 Å². The van der Waals surface area contributed by atoms with Crippen LogP contribution in [0.25, 0.3) is 22.6 Å². The van der Waals surface area contributed by atoms with Crippen LogP contribution in [0, 0.1) is 0 Å². The van der Waals surface area contributed by atoms with Crippen LogP contribution in [0.2, 0.25) is 5.02 Å². The third-order valence-electron chi connectivity index (χ3n) is 7.32. The van der Waals surface area contributed by atoms with Gasteiger partial charge in [0.15, 0.2) is 5.65 Å². The highest BCUT2D eigenvalue weighted by atomic mass is 35.5. The molecule has 4 heterocycles. The maximum atomic E-state index is 6.63. The Balaban J connectivity index is 1.05. The molecule has 42 heavy (non-hydrogen) atoms. The van der Waals surface area contributed by atoms with E-state index in [1.54, 1.807) is 31.8 Å². The summed E-state index contributed by atoms with van der Waals surface area (Å²) in [6, 6.07) is 18.2. The van der Waals surface area contributed by atoms with Crippen molar-refractivity contribution in [1.29, 1.82) is 0 Å². The fourth-order valence-corrected chi connectivity index (χ4v) is 5.26. The van der Waals surface area contributed by atoms with Crippen molar-refractivity contribution in [3.63, 3.8) is 0 Å². The number of H-pyrrole nitrogens is 1. The summed E-state index contributed by atoms with van der Waals surface area (Å²) < 4.78 is 11.1. The minimum absolute atomic E-state index is 0.305. The van der Waals surface area contributed by atoms with E-state index in [0.717, 1.165) is 66.6 Å². The summed E-state index contributed by atoms with van der Waals surface area (Å²) in [6.07, 6.45) is 7.11. The first-order chi connectivity index (χ1) is 20.6. The van der Waals surface area contributed by atoms with Crippen molar-refractivity contribution in [3.8, 4) is 22.9 Å². The number of ether oxygens (including phenoxy) is 2. The second-order valence-corrected chi connectivity index (χ2v) is 10.6. The number of methoxy groups -OCH3 is 1. The van der Waals surface area contributed by atoms with Crippen LogP contribution in [0.3, 0.4) is 0 Å². The Labute approximate surface area is 249 Å². The molecule has 0 amide bonds. The van der Waals surface area contributed by atoms with Crippen LogP contribution in [0.4, 0.5) is 11.6 Å². The van der Waals surface area contributed by atoms with Crippen molar-refractivity contribution in [3.05, 3.63) is 83.8 Å².